The Kier molecular flexibility index (Phi) is 10.8. The van der Waals surface area contributed by atoms with Crippen LogP contribution >= 0.6 is 0 Å². The molecule has 0 unspecified atom stereocenters. The van der Waals surface area contributed by atoms with Crippen LogP contribution in [-0.4, -0.2) is 166 Å². The van der Waals surface area contributed by atoms with Gasteiger partial charge in [0.15, 0.2) is 0 Å². The third kappa shape index (κ3) is 6.08. The predicted molar refractivity (Wildman–Crippen MR) is 350 cm³/mol. The number of hydrogen-bond donors (Lipinski definition) is 0. The Morgan fingerprint density at radius 2 is 0.547 bits per heavy atom. The number of nitrogens with zero attached hydrogens (tertiary/aromatic N) is 2. The number of benzene rings is 7. The summed E-state index contributed by atoms with van der Waals surface area (Å²) in [5, 5.41) is 5.58. The maximum absolute atomic E-state index is 2.67. The monoisotopic (exact) mass is 801 g/mol. The first-order valence-corrected chi connectivity index (χ1v) is 23.5. The van der Waals surface area contributed by atoms with Crippen molar-refractivity contribution >= 4 is 310 Å². The largest absolute Gasteiger partial charge is 0.312 e. The van der Waals surface area contributed by atoms with E-state index in [0.29, 0.717) is 0 Å². The average Bonchev–Trinajstić information content (AvgIpc) is 3.78. The van der Waals surface area contributed by atoms with Crippen molar-refractivity contribution in [2.75, 3.05) is 0 Å². The van der Waals surface area contributed by atoms with E-state index in [1.165, 1.54) is 186 Å². The third-order valence-electron chi connectivity index (χ3n) is 16.5. The van der Waals surface area contributed by atoms with Gasteiger partial charge in [0.05, 0.1) is 0 Å². The van der Waals surface area contributed by atoms with Gasteiger partial charge in [-0.25, -0.2) is 0 Å². The molecular weight excluding hydrogens is 749 g/mol. The molecule has 0 aliphatic carbocycles. The van der Waals surface area contributed by atoms with Gasteiger partial charge in [-0.05, 0) is 33.0 Å². The summed E-state index contributed by atoms with van der Waals surface area (Å²) in [6.07, 6.45) is 0. The molecule has 0 saturated heterocycles. The zero-order valence-corrected chi connectivity index (χ0v) is 42.5. The van der Waals surface area contributed by atoms with E-state index in [0.717, 1.165) is 0 Å². The zero-order valence-electron chi connectivity index (χ0n) is 42.5. The second kappa shape index (κ2) is 15.5. The highest BCUT2D eigenvalue weighted by Crippen LogP contribution is 2.31. The summed E-state index contributed by atoms with van der Waals surface area (Å²) < 4.78 is 5.34. The minimum atomic E-state index is 1.26. The number of rotatable bonds is 4. The van der Waals surface area contributed by atoms with Crippen molar-refractivity contribution in [3.63, 3.8) is 0 Å². The van der Waals surface area contributed by atoms with E-state index in [1.807, 2.05) is 0 Å². The molecule has 22 heteroatoms. The Balaban J connectivity index is 1.46. The van der Waals surface area contributed by atoms with Crippen molar-refractivity contribution in [1.82, 2.24) is 9.13 Å². The van der Waals surface area contributed by atoms with Crippen molar-refractivity contribution in [3.8, 4) is 33.6 Å². The second-order valence-corrected chi connectivity index (χ2v) is 20.1. The summed E-state index contributed by atoms with van der Waals surface area (Å²) in [6.45, 7) is 0. The number of fused-ring (bicyclic) bond motifs is 6. The van der Waals surface area contributed by atoms with Crippen LogP contribution in [0.1, 0.15) is 0 Å². The van der Waals surface area contributed by atoms with Gasteiger partial charge >= 0.3 is 0 Å². The average molecular weight is 797 g/mol. The van der Waals surface area contributed by atoms with Crippen molar-refractivity contribution in [1.29, 1.82) is 0 Å². The quantitative estimate of drug-likeness (QED) is 0.157. The first-order chi connectivity index (χ1) is 30.1. The van der Waals surface area contributed by atoms with Crippen LogP contribution in [-0.2, 0) is 0 Å². The molecule has 0 fully saturated rings. The van der Waals surface area contributed by atoms with Crippen LogP contribution in [0.2, 0.25) is 0 Å². The van der Waals surface area contributed by atoms with Gasteiger partial charge in [-0.2, -0.15) is 0 Å². The highest BCUT2D eigenvalue weighted by Gasteiger charge is 2.30. The number of hydrogen-bond acceptors (Lipinski definition) is 0. The minimum Gasteiger partial charge on any atom is -0.312 e. The van der Waals surface area contributed by atoms with E-state index in [-0.39, 0.29) is 0 Å². The van der Waals surface area contributed by atoms with E-state index in [2.05, 4.69) is 215 Å². The molecule has 0 atom stereocenters. The Labute approximate surface area is 398 Å². The number of aromatic nitrogens is 2. The lowest BCUT2D eigenvalue weighted by molar-refractivity contribution is 1.22. The molecule has 2 heterocycles. The van der Waals surface area contributed by atoms with Crippen molar-refractivity contribution in [3.05, 3.63) is 48.5 Å². The fourth-order valence-corrected chi connectivity index (χ4v) is 12.4. The Morgan fingerprint density at radius 1 is 0.250 bits per heavy atom. The van der Waals surface area contributed by atoms with Crippen LogP contribution in [0, 0.1) is 0 Å². The molecule has 9 rings (SSSR count). The highest BCUT2D eigenvalue weighted by atomic mass is 15.0. The third-order valence-corrected chi connectivity index (χ3v) is 16.5. The Morgan fingerprint density at radius 3 is 0.906 bits per heavy atom. The topological polar surface area (TPSA) is 9.86 Å². The molecule has 0 aliphatic heterocycles. The normalized spacial score (nSPS) is 11.8. The molecule has 7 aromatic carbocycles. The summed E-state index contributed by atoms with van der Waals surface area (Å²) in [5.41, 5.74) is 40.4. The van der Waals surface area contributed by atoms with E-state index >= 15 is 0 Å². The second-order valence-electron chi connectivity index (χ2n) is 20.1. The molecule has 2 aromatic heterocycles. The lowest BCUT2D eigenvalue weighted by Crippen LogP contribution is -2.48. The highest BCUT2D eigenvalue weighted by molar-refractivity contribution is 6.72. The van der Waals surface area contributed by atoms with Gasteiger partial charge in [0.2, 0.25) is 0 Å². The lowest BCUT2D eigenvalue weighted by atomic mass is 9.61. The van der Waals surface area contributed by atoms with Crippen LogP contribution in [0.25, 0.3) is 77.2 Å². The first kappa shape index (κ1) is 44.6. The fourth-order valence-electron chi connectivity index (χ4n) is 12.4. The van der Waals surface area contributed by atoms with Crippen LogP contribution in [0.3, 0.4) is 0 Å². The SMILES string of the molecule is Bc1ccc(-c2cc(B)c(-n3c4c(B)c(B)c(B)c(B)c4c4c(B)c(-c5c(B)c(B)c6c(c5B)c5c(B)c(B)c(B)c(B)c5n6-c5c(B)cc(B)cc5B)c(B)c(B)c43)c(B)c2)cc1. The molecule has 0 N–H and O–H groups in total. The molecular formula is C42H48B20N2. The molecule has 0 aliphatic rings. The van der Waals surface area contributed by atoms with Gasteiger partial charge in [-0.1, -0.05) is 147 Å². The Bertz CT molecular complexity index is 3560. The van der Waals surface area contributed by atoms with Crippen LogP contribution < -0.4 is 109 Å². The maximum atomic E-state index is 2.67. The van der Waals surface area contributed by atoms with Gasteiger partial charge in [-0.15, -0.1) is 10.9 Å². The van der Waals surface area contributed by atoms with Crippen LogP contribution in [0.4, 0.5) is 0 Å². The van der Waals surface area contributed by atoms with Crippen molar-refractivity contribution < 1.29 is 0 Å². The molecule has 2 nitrogen and oxygen atoms in total. The van der Waals surface area contributed by atoms with Gasteiger partial charge < -0.3 is 9.13 Å². The summed E-state index contributed by atoms with van der Waals surface area (Å²) in [7, 11) is 46.8. The van der Waals surface area contributed by atoms with Crippen molar-refractivity contribution in [2.24, 2.45) is 0 Å². The molecule has 64 heavy (non-hydrogen) atoms. The molecule has 9 aromatic rings. The van der Waals surface area contributed by atoms with Crippen LogP contribution in [0.5, 0.6) is 0 Å². The molecule has 0 saturated carbocycles. The van der Waals surface area contributed by atoms with E-state index in [4.69, 9.17) is 0 Å². The van der Waals surface area contributed by atoms with Gasteiger partial charge in [-0.3, -0.25) is 0 Å². The van der Waals surface area contributed by atoms with Crippen LogP contribution in [0.15, 0.2) is 48.5 Å². The summed E-state index contributed by atoms with van der Waals surface area (Å²) >= 11 is 0. The van der Waals surface area contributed by atoms with Crippen molar-refractivity contribution in [2.45, 2.75) is 0 Å². The molecule has 0 bridgehead atoms. The maximum Gasteiger partial charge on any atom is 0.142 e. The van der Waals surface area contributed by atoms with Gasteiger partial charge in [0.1, 0.15) is 157 Å². The molecule has 0 amide bonds. The summed E-state index contributed by atoms with van der Waals surface area (Å²) in [4.78, 5) is 0. The molecule has 0 spiro atoms. The smallest absolute Gasteiger partial charge is 0.142 e. The van der Waals surface area contributed by atoms with E-state index in [9.17, 15) is 0 Å². The predicted octanol–water partition coefficient (Wildman–Crippen LogP) is -23.6. The van der Waals surface area contributed by atoms with E-state index in [1.54, 1.807) is 0 Å². The fraction of sp³-hybridized carbons (Fsp3) is 0. The van der Waals surface area contributed by atoms with Gasteiger partial charge in [0.25, 0.3) is 0 Å². The molecule has 0 radical (unpaired) electrons. The first-order valence-electron chi connectivity index (χ1n) is 23.5. The summed E-state index contributed by atoms with van der Waals surface area (Å²) in [5.74, 6) is 0. The lowest BCUT2D eigenvalue weighted by Gasteiger charge is -2.25. The molecule has 286 valence electrons. The summed E-state index contributed by atoms with van der Waals surface area (Å²) in [6, 6.07) is 18.5. The Hall–Kier alpha value is -4.56. The standard InChI is InChI=1S/C42H48B20N2/c43-11-3-1-9(2-4-11)10-5-13(45)37(14(46)6-10)63-39-19(21-27(53)29(55)31(57)35(61)41(21)63)23(49)17(25(51)33(39)59)18-24(50)20-22-28(54)30(56)32(58)36(62)42(22)64(40(20)34(60)26(18)52)38-15(47)7-12(44)8-16(38)48/h1-8H,43-62H2. The minimum absolute atomic E-state index is 1.26. The zero-order chi connectivity index (χ0) is 46.4. The van der Waals surface area contributed by atoms with E-state index < -0.39 is 0 Å². The van der Waals surface area contributed by atoms with Gasteiger partial charge in [0, 0.05) is 44.2 Å².